The second kappa shape index (κ2) is 9.27. The van der Waals surface area contributed by atoms with Gasteiger partial charge in [0.15, 0.2) is 6.61 Å². The van der Waals surface area contributed by atoms with E-state index < -0.39 is 24.4 Å². The van der Waals surface area contributed by atoms with Crippen LogP contribution in [0.3, 0.4) is 0 Å². The molecule has 8 nitrogen and oxygen atoms in total. The summed E-state index contributed by atoms with van der Waals surface area (Å²) in [5.74, 6) is -2.07. The molecule has 0 saturated heterocycles. The maximum Gasteiger partial charge on any atom is 0.349 e. The van der Waals surface area contributed by atoms with E-state index in [2.05, 4.69) is 22.3 Å². The van der Waals surface area contributed by atoms with E-state index in [4.69, 9.17) is 4.74 Å². The maximum atomic E-state index is 12.0. The molecule has 25 heavy (non-hydrogen) atoms. The molecule has 0 radical (unpaired) electrons. The molecule has 0 aliphatic carbocycles. The van der Waals surface area contributed by atoms with Gasteiger partial charge in [-0.15, -0.1) is 0 Å². The summed E-state index contributed by atoms with van der Waals surface area (Å²) in [7, 11) is 0. The summed E-state index contributed by atoms with van der Waals surface area (Å²) in [5, 5.41) is 9.19. The Bertz CT molecular complexity index is 741. The summed E-state index contributed by atoms with van der Waals surface area (Å²) in [6.45, 7) is 7.40. The summed E-state index contributed by atoms with van der Waals surface area (Å²) in [4.78, 5) is 34.0. The lowest BCUT2D eigenvalue weighted by atomic mass is 10.1. The Labute approximate surface area is 146 Å². The number of carbonyl (C=O) groups excluding carboxylic acids is 3. The first-order valence-corrected chi connectivity index (χ1v) is 7.81. The standard InChI is InChI=1S/C17H22N4O4/c1-5-6-21-11(2)7-14(12(21)3)8-15(9-18)17(24)25-10-16(23)20-19-13(4)22/h7-8H,5-6,10H2,1-4H3,(H,19,22)(H,20,23)/b15-8+. The van der Waals surface area contributed by atoms with E-state index in [0.29, 0.717) is 0 Å². The Morgan fingerprint density at radius 3 is 2.56 bits per heavy atom. The maximum absolute atomic E-state index is 12.0. The van der Waals surface area contributed by atoms with Crippen molar-refractivity contribution < 1.29 is 19.1 Å². The number of nitrogens with one attached hydrogen (secondary N) is 2. The van der Waals surface area contributed by atoms with Crippen molar-refractivity contribution in [3.63, 3.8) is 0 Å². The zero-order valence-corrected chi connectivity index (χ0v) is 14.8. The van der Waals surface area contributed by atoms with Gasteiger partial charge in [0.25, 0.3) is 5.91 Å². The molecular formula is C17H22N4O4. The molecule has 0 aliphatic heterocycles. The van der Waals surface area contributed by atoms with E-state index in [1.165, 1.54) is 13.0 Å². The zero-order chi connectivity index (χ0) is 19.0. The fourth-order valence-corrected chi connectivity index (χ4v) is 2.24. The Balaban J connectivity index is 2.81. The molecule has 0 saturated carbocycles. The number of hydrogen-bond donors (Lipinski definition) is 2. The van der Waals surface area contributed by atoms with Gasteiger partial charge >= 0.3 is 5.97 Å². The van der Waals surface area contributed by atoms with Crippen LogP contribution in [0, 0.1) is 25.2 Å². The van der Waals surface area contributed by atoms with Gasteiger partial charge < -0.3 is 9.30 Å². The van der Waals surface area contributed by atoms with Crippen molar-refractivity contribution in [2.75, 3.05) is 6.61 Å². The van der Waals surface area contributed by atoms with E-state index in [-0.39, 0.29) is 5.57 Å². The van der Waals surface area contributed by atoms with Gasteiger partial charge in [-0.2, -0.15) is 5.26 Å². The van der Waals surface area contributed by atoms with Crippen LogP contribution in [0.25, 0.3) is 6.08 Å². The molecule has 1 heterocycles. The molecule has 0 unspecified atom stereocenters. The predicted octanol–water partition coefficient (Wildman–Crippen LogP) is 1.13. The predicted molar refractivity (Wildman–Crippen MR) is 90.7 cm³/mol. The SMILES string of the molecule is CCCn1c(C)cc(/C=C(\C#N)C(=O)OCC(=O)NNC(C)=O)c1C. The first kappa shape index (κ1) is 20.0. The topological polar surface area (TPSA) is 113 Å². The molecular weight excluding hydrogens is 324 g/mol. The largest absolute Gasteiger partial charge is 0.451 e. The Kier molecular flexibility index (Phi) is 7.41. The minimum absolute atomic E-state index is 0.205. The van der Waals surface area contributed by atoms with Gasteiger partial charge in [-0.1, -0.05) is 6.92 Å². The van der Waals surface area contributed by atoms with Crippen LogP contribution in [-0.4, -0.2) is 29.0 Å². The molecule has 0 bridgehead atoms. The van der Waals surface area contributed by atoms with E-state index in [1.807, 2.05) is 19.9 Å². The third-order valence-corrected chi connectivity index (χ3v) is 3.41. The second-order valence-electron chi connectivity index (χ2n) is 5.45. The van der Waals surface area contributed by atoms with Crippen LogP contribution in [-0.2, 0) is 25.7 Å². The van der Waals surface area contributed by atoms with E-state index in [0.717, 1.165) is 29.9 Å². The molecule has 134 valence electrons. The van der Waals surface area contributed by atoms with Gasteiger partial charge in [-0.25, -0.2) is 4.79 Å². The zero-order valence-electron chi connectivity index (χ0n) is 14.8. The highest BCUT2D eigenvalue weighted by Gasteiger charge is 2.15. The number of ether oxygens (including phenoxy) is 1. The summed E-state index contributed by atoms with van der Waals surface area (Å²) in [5.41, 5.74) is 6.65. The minimum Gasteiger partial charge on any atom is -0.451 e. The number of carbonyl (C=O) groups is 3. The van der Waals surface area contributed by atoms with Gasteiger partial charge in [0.2, 0.25) is 5.91 Å². The van der Waals surface area contributed by atoms with Crippen LogP contribution in [0.2, 0.25) is 0 Å². The number of aryl methyl sites for hydroxylation is 1. The lowest BCUT2D eigenvalue weighted by molar-refractivity contribution is -0.145. The number of nitrogens with zero attached hydrogens (tertiary/aromatic N) is 2. The molecule has 0 aliphatic rings. The van der Waals surface area contributed by atoms with Crippen molar-refractivity contribution >= 4 is 23.9 Å². The van der Waals surface area contributed by atoms with Crippen LogP contribution in [0.4, 0.5) is 0 Å². The number of hydrogen-bond acceptors (Lipinski definition) is 5. The van der Waals surface area contributed by atoms with Gasteiger partial charge in [-0.05, 0) is 38.0 Å². The summed E-state index contributed by atoms with van der Waals surface area (Å²) in [6, 6.07) is 3.68. The fourth-order valence-electron chi connectivity index (χ4n) is 2.24. The summed E-state index contributed by atoms with van der Waals surface area (Å²) < 4.78 is 6.89. The number of hydrazine groups is 1. The number of nitriles is 1. The van der Waals surface area contributed by atoms with Crippen LogP contribution < -0.4 is 10.9 Å². The van der Waals surface area contributed by atoms with Crippen LogP contribution in [0.1, 0.15) is 37.2 Å². The van der Waals surface area contributed by atoms with Crippen molar-refractivity contribution in [1.82, 2.24) is 15.4 Å². The highest BCUT2D eigenvalue weighted by molar-refractivity contribution is 5.99. The molecule has 0 fully saturated rings. The fraction of sp³-hybridized carbons (Fsp3) is 0.412. The van der Waals surface area contributed by atoms with Gasteiger partial charge in [0, 0.05) is 24.9 Å². The number of esters is 1. The molecule has 1 aromatic heterocycles. The highest BCUT2D eigenvalue weighted by Crippen LogP contribution is 2.19. The molecule has 1 aromatic rings. The van der Waals surface area contributed by atoms with Crippen molar-refractivity contribution in [3.05, 3.63) is 28.6 Å². The number of aromatic nitrogens is 1. The Morgan fingerprint density at radius 1 is 1.32 bits per heavy atom. The molecule has 1 rings (SSSR count). The molecule has 2 N–H and O–H groups in total. The van der Waals surface area contributed by atoms with Crippen molar-refractivity contribution in [3.8, 4) is 6.07 Å². The first-order chi connectivity index (χ1) is 11.8. The van der Waals surface area contributed by atoms with E-state index >= 15 is 0 Å². The monoisotopic (exact) mass is 346 g/mol. The Hall–Kier alpha value is -3.08. The molecule has 2 amide bonds. The quantitative estimate of drug-likeness (QED) is 0.347. The van der Waals surface area contributed by atoms with Crippen molar-refractivity contribution in [2.24, 2.45) is 0 Å². The third kappa shape index (κ3) is 5.80. The normalized spacial score (nSPS) is 10.8. The molecule has 8 heteroatoms. The minimum atomic E-state index is -0.902. The van der Waals surface area contributed by atoms with E-state index in [9.17, 15) is 19.6 Å². The van der Waals surface area contributed by atoms with Crippen LogP contribution in [0.15, 0.2) is 11.6 Å². The van der Waals surface area contributed by atoms with Gasteiger partial charge in [0.05, 0.1) is 0 Å². The average molecular weight is 346 g/mol. The summed E-state index contributed by atoms with van der Waals surface area (Å²) in [6.07, 6.45) is 2.42. The average Bonchev–Trinajstić information content (AvgIpc) is 2.83. The second-order valence-corrected chi connectivity index (χ2v) is 5.45. The Morgan fingerprint density at radius 2 is 2.00 bits per heavy atom. The van der Waals surface area contributed by atoms with Crippen molar-refractivity contribution in [1.29, 1.82) is 5.26 Å². The highest BCUT2D eigenvalue weighted by atomic mass is 16.5. The number of amides is 2. The van der Waals surface area contributed by atoms with E-state index in [1.54, 1.807) is 6.07 Å². The van der Waals surface area contributed by atoms with Crippen LogP contribution >= 0.6 is 0 Å². The first-order valence-electron chi connectivity index (χ1n) is 7.81. The number of rotatable bonds is 6. The molecule has 0 atom stereocenters. The third-order valence-electron chi connectivity index (χ3n) is 3.41. The van der Waals surface area contributed by atoms with Crippen molar-refractivity contribution in [2.45, 2.75) is 40.7 Å². The van der Waals surface area contributed by atoms with Gasteiger partial charge in [0.1, 0.15) is 11.6 Å². The van der Waals surface area contributed by atoms with Crippen LogP contribution in [0.5, 0.6) is 0 Å². The smallest absolute Gasteiger partial charge is 0.349 e. The van der Waals surface area contributed by atoms with Gasteiger partial charge in [-0.3, -0.25) is 20.4 Å². The summed E-state index contributed by atoms with van der Waals surface area (Å²) >= 11 is 0. The lowest BCUT2D eigenvalue weighted by Gasteiger charge is -2.07. The molecule has 0 aromatic carbocycles. The lowest BCUT2D eigenvalue weighted by Crippen LogP contribution is -2.42. The molecule has 0 spiro atoms.